The molecule has 1 aromatic carbocycles. The van der Waals surface area contributed by atoms with Crippen LogP contribution in [0.15, 0.2) is 30.3 Å². The number of rotatable bonds is 41. The molecule has 1 rings (SSSR count). The molecule has 57 heavy (non-hydrogen) atoms. The van der Waals surface area contributed by atoms with Crippen LogP contribution in [0.5, 0.6) is 0 Å². The highest BCUT2D eigenvalue weighted by molar-refractivity contribution is 7.45. The molecule has 2 amide bonds. The molecule has 2 atom stereocenters. The molecule has 334 valence electrons. The SMILES string of the molecule is CCCCCCCCCCCCCCCCOCC(CN(CCCCCCCCCCCCCCCC)C(=O)Nc1ccccc1)OP(=O)([O-])OCC[N+](C)(C)C. The summed E-state index contributed by atoms with van der Waals surface area (Å²) in [7, 11) is 1.30. The van der Waals surface area contributed by atoms with E-state index < -0.39 is 13.9 Å². The predicted octanol–water partition coefficient (Wildman–Crippen LogP) is 13.1. The van der Waals surface area contributed by atoms with E-state index in [0.29, 0.717) is 29.9 Å². The number of likely N-dealkylation sites (N-methyl/N-ethyl adjacent to an activating group) is 1. The Morgan fingerprint density at radius 1 is 0.649 bits per heavy atom. The van der Waals surface area contributed by atoms with Crippen molar-refractivity contribution in [3.63, 3.8) is 0 Å². The van der Waals surface area contributed by atoms with Crippen LogP contribution in [0, 0.1) is 0 Å². The summed E-state index contributed by atoms with van der Waals surface area (Å²) >= 11 is 0. The molecule has 0 fully saturated rings. The lowest BCUT2D eigenvalue weighted by atomic mass is 10.0. The Morgan fingerprint density at radius 3 is 1.51 bits per heavy atom. The van der Waals surface area contributed by atoms with Gasteiger partial charge in [-0.15, -0.1) is 0 Å². The lowest BCUT2D eigenvalue weighted by Gasteiger charge is -2.33. The number of carbonyl (C=O) groups excluding carboxylic acids is 1. The summed E-state index contributed by atoms with van der Waals surface area (Å²) in [6.07, 6.45) is 34.7. The highest BCUT2D eigenvalue weighted by atomic mass is 31.2. The molecule has 10 heteroatoms. The third-order valence-corrected chi connectivity index (χ3v) is 11.8. The fraction of sp³-hybridized carbons (Fsp3) is 0.851. The minimum atomic E-state index is -4.64. The van der Waals surface area contributed by atoms with Gasteiger partial charge in [-0.25, -0.2) is 4.79 Å². The molecule has 0 radical (unpaired) electrons. The van der Waals surface area contributed by atoms with Crippen LogP contribution in [-0.2, 0) is 18.3 Å². The quantitative estimate of drug-likeness (QED) is 0.0401. The first kappa shape index (κ1) is 53.5. The van der Waals surface area contributed by atoms with Crippen molar-refractivity contribution in [3.8, 4) is 0 Å². The summed E-state index contributed by atoms with van der Waals surface area (Å²) < 4.78 is 30.6. The molecule has 9 nitrogen and oxygen atoms in total. The van der Waals surface area contributed by atoms with Gasteiger partial charge >= 0.3 is 6.03 Å². The second kappa shape index (κ2) is 36.4. The van der Waals surface area contributed by atoms with Gasteiger partial charge in [0.05, 0.1) is 34.3 Å². The number of phosphoric ester groups is 1. The maximum atomic E-state index is 13.6. The summed E-state index contributed by atoms with van der Waals surface area (Å²) in [4.78, 5) is 28.3. The fourth-order valence-electron chi connectivity index (χ4n) is 7.11. The summed E-state index contributed by atoms with van der Waals surface area (Å²) in [6, 6.07) is 9.10. The van der Waals surface area contributed by atoms with Gasteiger partial charge in [0, 0.05) is 18.8 Å². The summed E-state index contributed by atoms with van der Waals surface area (Å²) in [5.41, 5.74) is 0.693. The molecule has 0 bridgehead atoms. The van der Waals surface area contributed by atoms with Gasteiger partial charge < -0.3 is 33.4 Å². The Morgan fingerprint density at radius 2 is 1.07 bits per heavy atom. The van der Waals surface area contributed by atoms with E-state index in [4.69, 9.17) is 13.8 Å². The van der Waals surface area contributed by atoms with Gasteiger partial charge in [0.15, 0.2) is 0 Å². The third kappa shape index (κ3) is 35.0. The second-order valence-electron chi connectivity index (χ2n) is 17.5. The van der Waals surface area contributed by atoms with E-state index in [2.05, 4.69) is 19.2 Å². The number of carbonyl (C=O) groups is 1. The van der Waals surface area contributed by atoms with E-state index >= 15 is 0 Å². The number of urea groups is 1. The van der Waals surface area contributed by atoms with E-state index in [1.807, 2.05) is 51.5 Å². The summed E-state index contributed by atoms with van der Waals surface area (Å²) in [5, 5.41) is 2.99. The molecule has 1 N–H and O–H groups in total. The largest absolute Gasteiger partial charge is 0.756 e. The van der Waals surface area contributed by atoms with Crippen LogP contribution >= 0.6 is 7.82 Å². The number of hydrogen-bond acceptors (Lipinski definition) is 6. The minimum absolute atomic E-state index is 0.0220. The van der Waals surface area contributed by atoms with Crippen LogP contribution in [0.25, 0.3) is 0 Å². The Labute approximate surface area is 352 Å². The Balaban J connectivity index is 2.61. The molecule has 0 saturated carbocycles. The van der Waals surface area contributed by atoms with Crippen molar-refractivity contribution in [1.82, 2.24) is 4.90 Å². The van der Waals surface area contributed by atoms with E-state index in [1.54, 1.807) is 4.90 Å². The molecule has 0 aromatic heterocycles. The standard InChI is InChI=1S/C47H90N3O6P/c1-6-8-10-12-14-16-18-20-22-24-26-28-30-35-39-49(47(51)48-45-37-33-32-34-38-45)43-46(56-57(52,53)55-42-40-50(3,4)5)44-54-41-36-31-29-27-25-23-21-19-17-15-13-11-9-7-2/h32-34,37-38,46H,6-31,35-36,39-44H2,1-5H3,(H-,48,51,52,53). The minimum Gasteiger partial charge on any atom is -0.756 e. The number of para-hydroxylation sites is 1. The van der Waals surface area contributed by atoms with Gasteiger partial charge in [0.1, 0.15) is 19.3 Å². The Hall–Kier alpha value is -1.48. The van der Waals surface area contributed by atoms with Gasteiger partial charge in [-0.05, 0) is 25.0 Å². The lowest BCUT2D eigenvalue weighted by molar-refractivity contribution is -0.870. The lowest BCUT2D eigenvalue weighted by Crippen LogP contribution is -2.43. The van der Waals surface area contributed by atoms with Crippen molar-refractivity contribution in [2.75, 3.05) is 65.9 Å². The number of nitrogens with one attached hydrogen (secondary N) is 1. The molecule has 0 heterocycles. The van der Waals surface area contributed by atoms with Crippen LogP contribution in [0.2, 0.25) is 0 Å². The molecule has 0 aliphatic heterocycles. The normalized spacial score (nSPS) is 13.4. The summed E-state index contributed by atoms with van der Waals surface area (Å²) in [5.74, 6) is 0. The van der Waals surface area contributed by atoms with Crippen molar-refractivity contribution >= 4 is 19.5 Å². The van der Waals surface area contributed by atoms with Crippen molar-refractivity contribution in [2.24, 2.45) is 0 Å². The average molecular weight is 824 g/mol. The second-order valence-corrected chi connectivity index (χ2v) is 18.9. The zero-order valence-electron chi connectivity index (χ0n) is 37.8. The van der Waals surface area contributed by atoms with E-state index in [9.17, 15) is 14.3 Å². The van der Waals surface area contributed by atoms with Crippen LogP contribution in [0.3, 0.4) is 0 Å². The number of quaternary nitrogens is 1. The first-order valence-corrected chi connectivity index (χ1v) is 25.2. The van der Waals surface area contributed by atoms with Crippen molar-refractivity contribution in [2.45, 2.75) is 200 Å². The fourth-order valence-corrected chi connectivity index (χ4v) is 7.97. The molecule has 0 spiro atoms. The van der Waals surface area contributed by atoms with Gasteiger partial charge in [-0.3, -0.25) is 4.57 Å². The molecule has 2 unspecified atom stereocenters. The van der Waals surface area contributed by atoms with Gasteiger partial charge in [-0.2, -0.15) is 0 Å². The smallest absolute Gasteiger partial charge is 0.321 e. The number of benzene rings is 1. The highest BCUT2D eigenvalue weighted by Gasteiger charge is 2.25. The van der Waals surface area contributed by atoms with E-state index in [-0.39, 0.29) is 25.8 Å². The van der Waals surface area contributed by atoms with E-state index in [0.717, 1.165) is 32.1 Å². The zero-order valence-corrected chi connectivity index (χ0v) is 38.7. The number of ether oxygens (including phenoxy) is 1. The maximum absolute atomic E-state index is 13.6. The monoisotopic (exact) mass is 824 g/mol. The van der Waals surface area contributed by atoms with E-state index in [1.165, 1.54) is 148 Å². The number of anilines is 1. The van der Waals surface area contributed by atoms with Crippen molar-refractivity contribution < 1.29 is 32.5 Å². The number of unbranched alkanes of at least 4 members (excludes halogenated alkanes) is 26. The molecule has 0 aliphatic carbocycles. The number of nitrogens with zero attached hydrogens (tertiary/aromatic N) is 2. The predicted molar refractivity (Wildman–Crippen MR) is 240 cm³/mol. The molecule has 0 aliphatic rings. The van der Waals surface area contributed by atoms with Crippen LogP contribution in [0.1, 0.15) is 194 Å². The molecule has 0 saturated heterocycles. The molecule has 1 aromatic rings. The maximum Gasteiger partial charge on any atom is 0.321 e. The zero-order chi connectivity index (χ0) is 41.7. The molecular formula is C47H90N3O6P. The van der Waals surface area contributed by atoms with Gasteiger partial charge in [-0.1, -0.05) is 199 Å². The van der Waals surface area contributed by atoms with Crippen LogP contribution < -0.4 is 10.2 Å². The Kier molecular flexibility index (Phi) is 34.2. The third-order valence-electron chi connectivity index (χ3n) is 10.8. The van der Waals surface area contributed by atoms with Gasteiger partial charge in [0.2, 0.25) is 0 Å². The highest BCUT2D eigenvalue weighted by Crippen LogP contribution is 2.40. The number of amides is 2. The number of hydrogen-bond donors (Lipinski definition) is 1. The van der Waals surface area contributed by atoms with Crippen LogP contribution in [-0.4, -0.2) is 82.1 Å². The average Bonchev–Trinajstić information content (AvgIpc) is 3.16. The van der Waals surface area contributed by atoms with Gasteiger partial charge in [0.25, 0.3) is 7.82 Å². The topological polar surface area (TPSA) is 100 Å². The van der Waals surface area contributed by atoms with Crippen LogP contribution in [0.4, 0.5) is 10.5 Å². The summed E-state index contributed by atoms with van der Waals surface area (Å²) in [6.45, 7) is 6.25. The Bertz CT molecular complexity index is 1090. The van der Waals surface area contributed by atoms with Crippen molar-refractivity contribution in [1.29, 1.82) is 0 Å². The first-order chi connectivity index (χ1) is 27.6. The first-order valence-electron chi connectivity index (χ1n) is 23.7. The molecular weight excluding hydrogens is 734 g/mol. The van der Waals surface area contributed by atoms with Crippen molar-refractivity contribution in [3.05, 3.63) is 30.3 Å². The number of phosphoric acid groups is 1.